The summed E-state index contributed by atoms with van der Waals surface area (Å²) in [6, 6.07) is 20.8. The van der Waals surface area contributed by atoms with Gasteiger partial charge < -0.3 is 20.7 Å². The Kier molecular flexibility index (Phi) is 10.8. The molecular formula is C24H33N5OS2. The second kappa shape index (κ2) is 13.3. The summed E-state index contributed by atoms with van der Waals surface area (Å²) in [7, 11) is 1.96. The van der Waals surface area contributed by atoms with E-state index in [0.29, 0.717) is 12.0 Å². The van der Waals surface area contributed by atoms with Crippen LogP contribution in [0.4, 0.5) is 5.95 Å². The Balaban J connectivity index is 0.00000181. The monoisotopic (exact) mass is 471 g/mol. The molecule has 3 N–H and O–H groups in total. The molecule has 2 aromatic carbocycles. The van der Waals surface area contributed by atoms with Crippen LogP contribution in [0.3, 0.4) is 0 Å². The van der Waals surface area contributed by atoms with Crippen molar-refractivity contribution in [3.8, 4) is 17.0 Å². The third-order valence-corrected chi connectivity index (χ3v) is 5.29. The highest BCUT2D eigenvalue weighted by Crippen LogP contribution is 2.28. The molecule has 2 atom stereocenters. The van der Waals surface area contributed by atoms with Crippen molar-refractivity contribution in [2.75, 3.05) is 32.0 Å². The predicted octanol–water partition coefficient (Wildman–Crippen LogP) is 3.87. The molecule has 1 aliphatic heterocycles. The number of hydrogen-bond donors (Lipinski definition) is 3. The van der Waals surface area contributed by atoms with E-state index in [-0.39, 0.29) is 33.1 Å². The van der Waals surface area contributed by atoms with Gasteiger partial charge in [-0.05, 0) is 50.3 Å². The Hall–Kier alpha value is -2.26. The Morgan fingerprint density at radius 1 is 1.09 bits per heavy atom. The fraction of sp³-hybridized carbons (Fsp3) is 0.333. The first-order chi connectivity index (χ1) is 14.8. The van der Waals surface area contributed by atoms with Crippen LogP contribution < -0.4 is 20.7 Å². The smallest absolute Gasteiger partial charge is 0.223 e. The molecule has 0 unspecified atom stereocenters. The highest BCUT2D eigenvalue weighted by molar-refractivity contribution is 7.59. The van der Waals surface area contributed by atoms with E-state index in [2.05, 4.69) is 57.3 Å². The number of hydrogen-bond acceptors (Lipinski definition) is 6. The molecule has 32 heavy (non-hydrogen) atoms. The van der Waals surface area contributed by atoms with Crippen molar-refractivity contribution in [3.63, 3.8) is 0 Å². The number of benzene rings is 2. The molecule has 8 heteroatoms. The molecule has 2 heterocycles. The first kappa shape index (κ1) is 26.0. The standard InChI is InChI=1S/C24H29N5O.2H2S/c1-25-13-12-23(18-6-3-2-4-7-18)30-21-9-5-8-19(16-21)22-11-15-27-24(29-22)28-20-10-14-26-17-20;;/h2-9,11,15-16,20,23,25-26H,10,12-14,17H2,1H3,(H,27,28,29);2*1H2/t20-,23-;;/m0../s1. The van der Waals surface area contributed by atoms with Crippen molar-refractivity contribution in [2.24, 2.45) is 0 Å². The van der Waals surface area contributed by atoms with Crippen LogP contribution in [-0.4, -0.2) is 42.7 Å². The van der Waals surface area contributed by atoms with Gasteiger partial charge in [-0.3, -0.25) is 0 Å². The van der Waals surface area contributed by atoms with Gasteiger partial charge in [-0.2, -0.15) is 27.0 Å². The van der Waals surface area contributed by atoms with Gasteiger partial charge in [0.05, 0.1) is 5.69 Å². The second-order valence-corrected chi connectivity index (χ2v) is 7.54. The van der Waals surface area contributed by atoms with E-state index in [9.17, 15) is 0 Å². The summed E-state index contributed by atoms with van der Waals surface area (Å²) in [5.41, 5.74) is 3.08. The molecule has 0 saturated carbocycles. The van der Waals surface area contributed by atoms with E-state index in [1.54, 1.807) is 6.20 Å². The number of anilines is 1. The minimum absolute atomic E-state index is 0. The molecule has 1 aliphatic rings. The zero-order valence-corrected chi connectivity index (χ0v) is 20.3. The molecule has 0 radical (unpaired) electrons. The fourth-order valence-electron chi connectivity index (χ4n) is 3.68. The van der Waals surface area contributed by atoms with Crippen LogP contribution in [-0.2, 0) is 0 Å². The fourth-order valence-corrected chi connectivity index (χ4v) is 3.68. The van der Waals surface area contributed by atoms with E-state index in [1.165, 1.54) is 5.56 Å². The molecule has 4 rings (SSSR count). The highest BCUT2D eigenvalue weighted by Gasteiger charge is 2.16. The molecule has 0 spiro atoms. The van der Waals surface area contributed by atoms with Gasteiger partial charge in [-0.25, -0.2) is 9.97 Å². The largest absolute Gasteiger partial charge is 0.486 e. The summed E-state index contributed by atoms with van der Waals surface area (Å²) in [6.45, 7) is 2.87. The Morgan fingerprint density at radius 3 is 2.69 bits per heavy atom. The van der Waals surface area contributed by atoms with Crippen molar-refractivity contribution >= 4 is 32.9 Å². The zero-order chi connectivity index (χ0) is 20.6. The number of aromatic nitrogens is 2. The quantitative estimate of drug-likeness (QED) is 0.440. The maximum atomic E-state index is 6.40. The molecule has 1 saturated heterocycles. The topological polar surface area (TPSA) is 71.1 Å². The average Bonchev–Trinajstić information content (AvgIpc) is 3.31. The molecule has 0 bridgehead atoms. The molecule has 3 aromatic rings. The first-order valence-electron chi connectivity index (χ1n) is 10.6. The lowest BCUT2D eigenvalue weighted by molar-refractivity contribution is 0.195. The van der Waals surface area contributed by atoms with Crippen LogP contribution in [0.15, 0.2) is 66.9 Å². The van der Waals surface area contributed by atoms with Crippen LogP contribution in [0.2, 0.25) is 0 Å². The lowest BCUT2D eigenvalue weighted by Gasteiger charge is -2.20. The summed E-state index contributed by atoms with van der Waals surface area (Å²) >= 11 is 0. The molecule has 6 nitrogen and oxygen atoms in total. The first-order valence-corrected chi connectivity index (χ1v) is 10.6. The summed E-state index contributed by atoms with van der Waals surface area (Å²) in [5, 5.41) is 9.99. The summed E-state index contributed by atoms with van der Waals surface area (Å²) < 4.78 is 6.40. The van der Waals surface area contributed by atoms with Gasteiger partial charge in [0.2, 0.25) is 5.95 Å². The Labute approximate surface area is 204 Å². The van der Waals surface area contributed by atoms with Crippen LogP contribution in [0, 0.1) is 0 Å². The Morgan fingerprint density at radius 2 is 1.94 bits per heavy atom. The molecule has 0 aliphatic carbocycles. The van der Waals surface area contributed by atoms with Crippen LogP contribution in [0.5, 0.6) is 5.75 Å². The van der Waals surface area contributed by atoms with Gasteiger partial charge in [-0.15, -0.1) is 0 Å². The van der Waals surface area contributed by atoms with Crippen molar-refractivity contribution in [1.29, 1.82) is 0 Å². The summed E-state index contributed by atoms with van der Waals surface area (Å²) in [5.74, 6) is 1.51. The van der Waals surface area contributed by atoms with Crippen molar-refractivity contribution < 1.29 is 4.74 Å². The summed E-state index contributed by atoms with van der Waals surface area (Å²) in [4.78, 5) is 9.10. The highest BCUT2D eigenvalue weighted by atomic mass is 32.1. The molecule has 1 aromatic heterocycles. The van der Waals surface area contributed by atoms with Gasteiger partial charge in [0.25, 0.3) is 0 Å². The SMILES string of the molecule is CNCC[C@H](Oc1cccc(-c2ccnc(N[C@H]3CCNC3)n2)c1)c1ccccc1.S.S. The predicted molar refractivity (Wildman–Crippen MR) is 141 cm³/mol. The van der Waals surface area contributed by atoms with Gasteiger partial charge in [0.1, 0.15) is 11.9 Å². The van der Waals surface area contributed by atoms with E-state index in [1.807, 2.05) is 31.3 Å². The summed E-state index contributed by atoms with van der Waals surface area (Å²) in [6.07, 6.45) is 3.78. The maximum absolute atomic E-state index is 6.40. The van der Waals surface area contributed by atoms with Crippen molar-refractivity contribution in [3.05, 3.63) is 72.4 Å². The van der Waals surface area contributed by atoms with Gasteiger partial charge >= 0.3 is 0 Å². The molecule has 1 fully saturated rings. The third kappa shape index (κ3) is 7.13. The second-order valence-electron chi connectivity index (χ2n) is 7.54. The van der Waals surface area contributed by atoms with Gasteiger partial charge in [0, 0.05) is 30.8 Å². The van der Waals surface area contributed by atoms with Crippen molar-refractivity contribution in [1.82, 2.24) is 20.6 Å². The number of nitrogens with zero attached hydrogens (tertiary/aromatic N) is 2. The van der Waals surface area contributed by atoms with E-state index < -0.39 is 0 Å². The average molecular weight is 472 g/mol. The van der Waals surface area contributed by atoms with E-state index in [4.69, 9.17) is 9.72 Å². The van der Waals surface area contributed by atoms with Crippen LogP contribution >= 0.6 is 27.0 Å². The minimum Gasteiger partial charge on any atom is -0.486 e. The molecule has 172 valence electrons. The van der Waals surface area contributed by atoms with Crippen molar-refractivity contribution in [2.45, 2.75) is 25.0 Å². The number of ether oxygens (including phenoxy) is 1. The Bertz CT molecular complexity index is 938. The maximum Gasteiger partial charge on any atom is 0.223 e. The number of nitrogens with one attached hydrogen (secondary N) is 3. The third-order valence-electron chi connectivity index (χ3n) is 5.29. The minimum atomic E-state index is -0.00797. The van der Waals surface area contributed by atoms with Crippen LogP contribution in [0.25, 0.3) is 11.3 Å². The zero-order valence-electron chi connectivity index (χ0n) is 18.3. The van der Waals surface area contributed by atoms with Gasteiger partial charge in [0.15, 0.2) is 0 Å². The molecule has 0 amide bonds. The van der Waals surface area contributed by atoms with Gasteiger partial charge in [-0.1, -0.05) is 42.5 Å². The normalized spacial score (nSPS) is 15.8. The molecular weight excluding hydrogens is 438 g/mol. The van der Waals surface area contributed by atoms with Crippen LogP contribution in [0.1, 0.15) is 24.5 Å². The van der Waals surface area contributed by atoms with E-state index in [0.717, 1.165) is 49.5 Å². The van der Waals surface area contributed by atoms with E-state index >= 15 is 0 Å². The number of rotatable bonds is 9. The lowest BCUT2D eigenvalue weighted by Crippen LogP contribution is -2.23. The lowest BCUT2D eigenvalue weighted by atomic mass is 10.1.